The van der Waals surface area contributed by atoms with E-state index in [1.807, 2.05) is 13.8 Å². The van der Waals surface area contributed by atoms with E-state index in [0.29, 0.717) is 36.8 Å². The molecule has 6 heteroatoms. The fraction of sp³-hybridized carbons (Fsp3) is 0.467. The molecule has 0 atom stereocenters. The van der Waals surface area contributed by atoms with Crippen LogP contribution in [-0.4, -0.2) is 42.9 Å². The third-order valence-electron chi connectivity index (χ3n) is 3.07. The maximum Gasteiger partial charge on any atom is 0.238 e. The van der Waals surface area contributed by atoms with Crippen LogP contribution in [0.3, 0.4) is 0 Å². The van der Waals surface area contributed by atoms with Gasteiger partial charge in [0.05, 0.1) is 17.3 Å². The van der Waals surface area contributed by atoms with Crippen molar-refractivity contribution in [2.75, 3.05) is 31.5 Å². The zero-order valence-electron chi connectivity index (χ0n) is 12.5. The van der Waals surface area contributed by atoms with Crippen molar-refractivity contribution >= 4 is 29.1 Å². The Hall–Kier alpha value is -1.59. The highest BCUT2D eigenvalue weighted by Crippen LogP contribution is 2.19. The monoisotopic (exact) mass is 311 g/mol. The minimum Gasteiger partial charge on any atom is -0.343 e. The van der Waals surface area contributed by atoms with Crippen LogP contribution in [0.25, 0.3) is 0 Å². The van der Waals surface area contributed by atoms with Gasteiger partial charge in [0.15, 0.2) is 0 Å². The quantitative estimate of drug-likeness (QED) is 0.723. The summed E-state index contributed by atoms with van der Waals surface area (Å²) in [6, 6.07) is 7.06. The number of carbonyl (C=O) groups is 2. The van der Waals surface area contributed by atoms with Crippen LogP contribution in [0.15, 0.2) is 24.3 Å². The van der Waals surface area contributed by atoms with E-state index in [1.54, 1.807) is 29.2 Å². The van der Waals surface area contributed by atoms with Gasteiger partial charge in [-0.05, 0) is 26.0 Å². The van der Waals surface area contributed by atoms with Gasteiger partial charge >= 0.3 is 0 Å². The van der Waals surface area contributed by atoms with Crippen molar-refractivity contribution in [2.45, 2.75) is 20.3 Å². The highest BCUT2D eigenvalue weighted by molar-refractivity contribution is 6.33. The Morgan fingerprint density at radius 2 is 1.86 bits per heavy atom. The number of benzene rings is 1. The average molecular weight is 312 g/mol. The number of rotatable bonds is 8. The Labute approximate surface area is 130 Å². The van der Waals surface area contributed by atoms with E-state index >= 15 is 0 Å². The summed E-state index contributed by atoms with van der Waals surface area (Å²) in [6.07, 6.45) is 0.390. The van der Waals surface area contributed by atoms with Gasteiger partial charge in [0.2, 0.25) is 11.8 Å². The van der Waals surface area contributed by atoms with E-state index in [-0.39, 0.29) is 18.4 Å². The van der Waals surface area contributed by atoms with Gasteiger partial charge in [-0.3, -0.25) is 9.59 Å². The second-order valence-corrected chi connectivity index (χ2v) is 4.93. The Bertz CT molecular complexity index is 476. The number of amides is 2. The Morgan fingerprint density at radius 1 is 1.19 bits per heavy atom. The van der Waals surface area contributed by atoms with Crippen molar-refractivity contribution in [1.29, 1.82) is 0 Å². The molecule has 0 saturated heterocycles. The molecule has 116 valence electrons. The minimum atomic E-state index is -0.182. The van der Waals surface area contributed by atoms with E-state index in [0.717, 1.165) is 0 Å². The van der Waals surface area contributed by atoms with E-state index in [2.05, 4.69) is 10.6 Å². The summed E-state index contributed by atoms with van der Waals surface area (Å²) in [6.45, 7) is 5.95. The lowest BCUT2D eigenvalue weighted by Crippen LogP contribution is -2.35. The molecule has 0 aliphatic heterocycles. The summed E-state index contributed by atoms with van der Waals surface area (Å²) < 4.78 is 0. The smallest absolute Gasteiger partial charge is 0.238 e. The molecular formula is C15H22ClN3O2. The molecule has 0 aliphatic carbocycles. The molecule has 21 heavy (non-hydrogen) atoms. The average Bonchev–Trinajstić information content (AvgIpc) is 2.47. The van der Waals surface area contributed by atoms with Crippen LogP contribution in [0.4, 0.5) is 5.69 Å². The molecule has 0 radical (unpaired) electrons. The Balaban J connectivity index is 2.25. The highest BCUT2D eigenvalue weighted by Gasteiger charge is 2.09. The van der Waals surface area contributed by atoms with Crippen LogP contribution in [0, 0.1) is 0 Å². The largest absolute Gasteiger partial charge is 0.343 e. The van der Waals surface area contributed by atoms with Gasteiger partial charge in [-0.1, -0.05) is 23.7 Å². The fourth-order valence-corrected chi connectivity index (χ4v) is 2.07. The topological polar surface area (TPSA) is 61.4 Å². The maximum atomic E-state index is 11.8. The van der Waals surface area contributed by atoms with Crippen molar-refractivity contribution in [2.24, 2.45) is 0 Å². The van der Waals surface area contributed by atoms with Crippen LogP contribution >= 0.6 is 11.6 Å². The minimum absolute atomic E-state index is 0.0963. The molecule has 1 aromatic carbocycles. The van der Waals surface area contributed by atoms with Gasteiger partial charge in [0, 0.05) is 26.1 Å². The number of nitrogens with one attached hydrogen (secondary N) is 2. The number of anilines is 1. The van der Waals surface area contributed by atoms with Crippen molar-refractivity contribution in [1.82, 2.24) is 10.2 Å². The summed E-state index contributed by atoms with van der Waals surface area (Å²) >= 11 is 5.95. The van der Waals surface area contributed by atoms with E-state index in [9.17, 15) is 9.59 Å². The molecule has 0 aromatic heterocycles. The lowest BCUT2D eigenvalue weighted by molar-refractivity contribution is -0.130. The summed E-state index contributed by atoms with van der Waals surface area (Å²) in [5, 5.41) is 6.17. The van der Waals surface area contributed by atoms with Gasteiger partial charge in [-0.2, -0.15) is 0 Å². The molecule has 2 N–H and O–H groups in total. The number of hydrogen-bond acceptors (Lipinski definition) is 3. The molecular weight excluding hydrogens is 290 g/mol. The summed E-state index contributed by atoms with van der Waals surface area (Å²) in [4.78, 5) is 25.3. The second kappa shape index (κ2) is 9.37. The normalized spacial score (nSPS) is 10.2. The first-order chi connectivity index (χ1) is 10.1. The predicted octanol–water partition coefficient (Wildman–Crippen LogP) is 2.13. The van der Waals surface area contributed by atoms with Crippen LogP contribution in [0.5, 0.6) is 0 Å². The summed E-state index contributed by atoms with van der Waals surface area (Å²) in [7, 11) is 0. The van der Waals surface area contributed by atoms with Crippen LogP contribution < -0.4 is 10.6 Å². The van der Waals surface area contributed by atoms with Crippen molar-refractivity contribution in [3.05, 3.63) is 29.3 Å². The third kappa shape index (κ3) is 6.14. The van der Waals surface area contributed by atoms with Gasteiger partial charge < -0.3 is 15.5 Å². The number of hydrogen-bond donors (Lipinski definition) is 2. The highest BCUT2D eigenvalue weighted by atomic mass is 35.5. The second-order valence-electron chi connectivity index (χ2n) is 4.52. The molecule has 0 aliphatic rings. The Kier molecular flexibility index (Phi) is 7.79. The van der Waals surface area contributed by atoms with Gasteiger partial charge in [0.1, 0.15) is 0 Å². The first-order valence-electron chi connectivity index (χ1n) is 7.11. The standard InChI is InChI=1S/C15H22ClN3O2/c1-3-19(4-2)15(21)9-10-17-11-14(20)18-13-8-6-5-7-12(13)16/h5-8,17H,3-4,9-11H2,1-2H3,(H,18,20). The fourth-order valence-electron chi connectivity index (χ4n) is 1.89. The molecule has 0 spiro atoms. The Morgan fingerprint density at radius 3 is 2.48 bits per heavy atom. The number of carbonyl (C=O) groups excluding carboxylic acids is 2. The zero-order chi connectivity index (χ0) is 15.7. The molecule has 0 saturated carbocycles. The van der Waals surface area contributed by atoms with Crippen molar-refractivity contribution < 1.29 is 9.59 Å². The number of nitrogens with zero attached hydrogens (tertiary/aromatic N) is 1. The van der Waals surface area contributed by atoms with Gasteiger partial charge in [0.25, 0.3) is 0 Å². The SMILES string of the molecule is CCN(CC)C(=O)CCNCC(=O)Nc1ccccc1Cl. The predicted molar refractivity (Wildman–Crippen MR) is 85.5 cm³/mol. The molecule has 1 aromatic rings. The van der Waals surface area contributed by atoms with Gasteiger partial charge in [-0.15, -0.1) is 0 Å². The lowest BCUT2D eigenvalue weighted by Gasteiger charge is -2.18. The first kappa shape index (κ1) is 17.5. The number of halogens is 1. The van der Waals surface area contributed by atoms with Crippen LogP contribution in [0.2, 0.25) is 5.02 Å². The van der Waals surface area contributed by atoms with E-state index in [1.165, 1.54) is 0 Å². The van der Waals surface area contributed by atoms with Crippen molar-refractivity contribution in [3.8, 4) is 0 Å². The summed E-state index contributed by atoms with van der Waals surface area (Å²) in [5.41, 5.74) is 0.588. The van der Waals surface area contributed by atoms with Crippen LogP contribution in [0.1, 0.15) is 20.3 Å². The van der Waals surface area contributed by atoms with E-state index in [4.69, 9.17) is 11.6 Å². The molecule has 0 fully saturated rings. The molecule has 1 rings (SSSR count). The van der Waals surface area contributed by atoms with Gasteiger partial charge in [-0.25, -0.2) is 0 Å². The molecule has 0 bridgehead atoms. The van der Waals surface area contributed by atoms with Crippen molar-refractivity contribution in [3.63, 3.8) is 0 Å². The number of para-hydroxylation sites is 1. The van der Waals surface area contributed by atoms with E-state index < -0.39 is 0 Å². The molecule has 0 unspecified atom stereocenters. The zero-order valence-corrected chi connectivity index (χ0v) is 13.2. The maximum absolute atomic E-state index is 11.8. The lowest BCUT2D eigenvalue weighted by atomic mass is 10.3. The first-order valence-corrected chi connectivity index (χ1v) is 7.49. The molecule has 0 heterocycles. The van der Waals surface area contributed by atoms with Crippen LogP contribution in [-0.2, 0) is 9.59 Å². The molecule has 2 amide bonds. The third-order valence-corrected chi connectivity index (χ3v) is 3.39. The molecule has 5 nitrogen and oxygen atoms in total. The summed E-state index contributed by atoms with van der Waals surface area (Å²) in [5.74, 6) is -0.0857.